The number of halogens is 1. The molecule has 3 aliphatic heterocycles. The molecule has 3 fully saturated rings. The number of phenolic OH excluding ortho intramolecular Hbond substituents is 1. The van der Waals surface area contributed by atoms with Crippen LogP contribution in [0.5, 0.6) is 17.2 Å². The summed E-state index contributed by atoms with van der Waals surface area (Å²) in [6.07, 6.45) is 5.25. The van der Waals surface area contributed by atoms with E-state index in [2.05, 4.69) is 20.5 Å². The van der Waals surface area contributed by atoms with Crippen molar-refractivity contribution in [2.75, 3.05) is 11.6 Å². The molecule has 2 saturated heterocycles. The van der Waals surface area contributed by atoms with Gasteiger partial charge in [0.1, 0.15) is 20.4 Å². The Morgan fingerprint density at radius 3 is 2.66 bits per heavy atom. The molecular weight excluding hydrogens is 449 g/mol. The molecule has 0 unspecified atom stereocenters. The lowest BCUT2D eigenvalue weighted by Gasteiger charge is -2.40. The fraction of sp³-hybridized carbons (Fsp3) is 0.423. The summed E-state index contributed by atoms with van der Waals surface area (Å²) in [6, 6.07) is 10.5. The molecule has 1 aromatic heterocycles. The fourth-order valence-electron chi connectivity index (χ4n) is 5.58. The topological polar surface area (TPSA) is 92.6 Å². The predicted octanol–water partition coefficient (Wildman–Crippen LogP) is 3.84. The summed E-state index contributed by atoms with van der Waals surface area (Å²) in [5.74, 6) is 1.07. The second-order valence-corrected chi connectivity index (χ2v) is 9.76. The van der Waals surface area contributed by atoms with Gasteiger partial charge in [0.15, 0.2) is 11.5 Å². The number of piperidine rings is 1. The van der Waals surface area contributed by atoms with Gasteiger partial charge in [-0.2, -0.15) is 0 Å². The van der Waals surface area contributed by atoms with Crippen molar-refractivity contribution in [2.24, 2.45) is 0 Å². The Morgan fingerprint density at radius 1 is 1.03 bits per heavy atom. The van der Waals surface area contributed by atoms with Crippen LogP contribution in [0, 0.1) is 0 Å². The summed E-state index contributed by atoms with van der Waals surface area (Å²) in [5, 5.41) is 22.9. The number of hydrogen-bond donors (Lipinski definition) is 2. The van der Waals surface area contributed by atoms with Crippen molar-refractivity contribution in [1.82, 2.24) is 20.5 Å². The van der Waals surface area contributed by atoms with Crippen molar-refractivity contribution in [2.45, 2.75) is 62.4 Å². The highest BCUT2D eigenvalue weighted by molar-refractivity contribution is 5.75. The molecule has 0 amide bonds. The lowest BCUT2D eigenvalue weighted by molar-refractivity contribution is 0.171. The monoisotopic (exact) mass is 477 g/mol. The highest BCUT2D eigenvalue weighted by Crippen LogP contribution is 2.40. The van der Waals surface area contributed by atoms with Crippen molar-refractivity contribution < 1.29 is 21.7 Å². The van der Waals surface area contributed by atoms with Crippen LogP contribution in [-0.2, 0) is 0 Å². The quantitative estimate of drug-likeness (QED) is 0.573. The molecule has 1 saturated carbocycles. The highest BCUT2D eigenvalue weighted by atomic mass is 19.1. The van der Waals surface area contributed by atoms with Gasteiger partial charge in [0.2, 0.25) is 12.7 Å². The molecule has 3 aromatic rings. The number of phenols is 1. The molecule has 7 rings (SSSR count). The Morgan fingerprint density at radius 2 is 1.86 bits per heavy atom. The zero-order chi connectivity index (χ0) is 25.3. The molecule has 0 radical (unpaired) electrons. The van der Waals surface area contributed by atoms with Crippen LogP contribution in [0.25, 0.3) is 22.4 Å². The van der Waals surface area contributed by atoms with Crippen molar-refractivity contribution in [1.29, 1.82) is 0 Å². The van der Waals surface area contributed by atoms with Crippen LogP contribution in [0.2, 0.25) is 0 Å². The van der Waals surface area contributed by atoms with E-state index in [1.165, 1.54) is 0 Å². The van der Waals surface area contributed by atoms with E-state index in [1.54, 1.807) is 36.5 Å². The smallest absolute Gasteiger partial charge is 0.245 e. The number of aromatic nitrogens is 3. The first-order chi connectivity index (χ1) is 17.8. The molecule has 4 aliphatic rings. The number of hydrogen-bond acceptors (Lipinski definition) is 8. The SMILES string of the molecule is [2H]C1([2H])Oc2ccc(-c3ccc(-c4cnc(N(C5CC5)[C@@H]5C[C@@H]6CC[C@H](N6)[C@@H]5F)nn4)c(O)c3)cc2O1. The van der Waals surface area contributed by atoms with Gasteiger partial charge in [0.25, 0.3) is 0 Å². The maximum atomic E-state index is 15.3. The molecule has 180 valence electrons. The number of rotatable bonds is 5. The lowest BCUT2D eigenvalue weighted by Crippen LogP contribution is -2.57. The largest absolute Gasteiger partial charge is 0.507 e. The lowest BCUT2D eigenvalue weighted by atomic mass is 9.96. The minimum atomic E-state index is -2.20. The number of nitrogens with one attached hydrogen (secondary N) is 1. The Labute approximate surface area is 204 Å². The van der Waals surface area contributed by atoms with Crippen LogP contribution in [0.15, 0.2) is 42.6 Å². The minimum Gasteiger partial charge on any atom is -0.507 e. The third kappa shape index (κ3) is 3.65. The number of alkyl halides is 1. The van der Waals surface area contributed by atoms with Gasteiger partial charge in [-0.1, -0.05) is 12.1 Å². The zero-order valence-corrected chi connectivity index (χ0v) is 18.9. The van der Waals surface area contributed by atoms with Crippen LogP contribution in [-0.4, -0.2) is 57.4 Å². The Kier molecular flexibility index (Phi) is 4.33. The van der Waals surface area contributed by atoms with Gasteiger partial charge in [-0.05, 0) is 67.5 Å². The average molecular weight is 478 g/mol. The first-order valence-corrected chi connectivity index (χ1v) is 12.1. The van der Waals surface area contributed by atoms with Gasteiger partial charge in [0.05, 0.1) is 12.2 Å². The van der Waals surface area contributed by atoms with Crippen LogP contribution >= 0.6 is 0 Å². The van der Waals surface area contributed by atoms with E-state index < -0.39 is 12.9 Å². The Balaban J connectivity index is 1.13. The fourth-order valence-corrected chi connectivity index (χ4v) is 5.58. The van der Waals surface area contributed by atoms with Crippen molar-refractivity contribution in [3.63, 3.8) is 0 Å². The Hall–Kier alpha value is -3.46. The van der Waals surface area contributed by atoms with Crippen LogP contribution in [0.3, 0.4) is 0 Å². The standard InChI is InChI=1S/C26H26FN5O3/c27-25-19-7-3-16(29-19)11-21(25)32(17-4-5-17)26-28-12-20(30-31-26)18-6-1-14(9-22(18)33)15-2-8-23-24(10-15)35-13-34-23/h1-2,6,8-10,12,16-17,19,21,25,29,33H,3-5,7,11,13H2/t16-,19-,21+,25-/m0/s1/i13D2. The van der Waals surface area contributed by atoms with Gasteiger partial charge < -0.3 is 24.8 Å². The summed E-state index contributed by atoms with van der Waals surface area (Å²) in [5.41, 5.74) is 2.35. The molecule has 1 aliphatic carbocycles. The molecule has 0 spiro atoms. The van der Waals surface area contributed by atoms with E-state index in [1.807, 2.05) is 11.0 Å². The van der Waals surface area contributed by atoms with Crippen molar-refractivity contribution in [3.05, 3.63) is 42.6 Å². The third-order valence-electron chi connectivity index (χ3n) is 7.49. The number of nitrogens with zero attached hydrogens (tertiary/aromatic N) is 4. The number of anilines is 1. The van der Waals surface area contributed by atoms with E-state index in [0.717, 1.165) is 37.7 Å². The van der Waals surface area contributed by atoms with E-state index in [9.17, 15) is 5.11 Å². The molecule has 9 heteroatoms. The summed E-state index contributed by atoms with van der Waals surface area (Å²) in [6.45, 7) is -2.20. The number of fused-ring (bicyclic) bond motifs is 3. The second-order valence-electron chi connectivity index (χ2n) is 9.76. The number of ether oxygens (including phenoxy) is 2. The second kappa shape index (κ2) is 8.05. The highest BCUT2D eigenvalue weighted by Gasteiger charge is 2.48. The molecule has 2 aromatic carbocycles. The van der Waals surface area contributed by atoms with Crippen LogP contribution < -0.4 is 19.7 Å². The molecular formula is C26H26FN5O3. The third-order valence-corrected chi connectivity index (χ3v) is 7.49. The predicted molar refractivity (Wildman–Crippen MR) is 127 cm³/mol. The molecule has 4 atom stereocenters. The summed E-state index contributed by atoms with van der Waals surface area (Å²) >= 11 is 0. The van der Waals surface area contributed by atoms with E-state index in [4.69, 9.17) is 12.2 Å². The van der Waals surface area contributed by atoms with Gasteiger partial charge in [0, 0.05) is 23.7 Å². The molecule has 35 heavy (non-hydrogen) atoms. The Bertz CT molecular complexity index is 1360. The maximum Gasteiger partial charge on any atom is 0.245 e. The van der Waals surface area contributed by atoms with Crippen molar-refractivity contribution >= 4 is 5.95 Å². The van der Waals surface area contributed by atoms with Gasteiger partial charge in [-0.15, -0.1) is 10.2 Å². The van der Waals surface area contributed by atoms with E-state index in [0.29, 0.717) is 40.3 Å². The number of benzene rings is 2. The normalized spacial score (nSPS) is 28.9. The first-order valence-electron chi connectivity index (χ1n) is 13.1. The molecule has 8 nitrogen and oxygen atoms in total. The molecule has 4 heterocycles. The van der Waals surface area contributed by atoms with E-state index >= 15 is 4.39 Å². The van der Waals surface area contributed by atoms with Gasteiger partial charge in [-0.25, -0.2) is 9.37 Å². The summed E-state index contributed by atoms with van der Waals surface area (Å²) in [7, 11) is 0. The van der Waals surface area contributed by atoms with Crippen LogP contribution in [0.1, 0.15) is 34.8 Å². The minimum absolute atomic E-state index is 0.00662. The van der Waals surface area contributed by atoms with Crippen LogP contribution in [0.4, 0.5) is 10.3 Å². The molecule has 2 bridgehead atoms. The zero-order valence-electron chi connectivity index (χ0n) is 20.9. The van der Waals surface area contributed by atoms with Gasteiger partial charge >= 0.3 is 0 Å². The first kappa shape index (κ1) is 18.8. The van der Waals surface area contributed by atoms with E-state index in [-0.39, 0.29) is 23.9 Å². The average Bonchev–Trinajstić information content (AvgIpc) is 3.54. The summed E-state index contributed by atoms with van der Waals surface area (Å²) < 4.78 is 40.8. The van der Waals surface area contributed by atoms with Crippen molar-refractivity contribution in [3.8, 4) is 39.6 Å². The summed E-state index contributed by atoms with van der Waals surface area (Å²) in [4.78, 5) is 6.60. The molecule has 2 N–H and O–H groups in total. The maximum absolute atomic E-state index is 15.3. The number of aromatic hydroxyl groups is 1. The van der Waals surface area contributed by atoms with Gasteiger partial charge in [-0.3, -0.25) is 0 Å².